The van der Waals surface area contributed by atoms with E-state index in [0.29, 0.717) is 0 Å². The first-order valence-corrected chi connectivity index (χ1v) is 12.0. The van der Waals surface area contributed by atoms with Crippen LogP contribution in [0.5, 0.6) is 0 Å². The second-order valence-corrected chi connectivity index (χ2v) is 13.5. The van der Waals surface area contributed by atoms with E-state index in [1.165, 1.54) is 33.4 Å². The molecule has 2 aromatic carbocycles. The minimum atomic E-state index is 0.165. The van der Waals surface area contributed by atoms with Crippen LogP contribution < -0.4 is 5.32 Å². The SMILES string of the molecule is CC(C)(C)c1cc(C[NH2+]Cc2cc(C(C)(C)C)cc(C(C)(C)C)c2)cc(C(C)(C)C)c1. The summed E-state index contributed by atoms with van der Waals surface area (Å²) in [5.74, 6) is 0. The van der Waals surface area contributed by atoms with Crippen molar-refractivity contribution >= 4 is 0 Å². The Morgan fingerprint density at radius 1 is 0.419 bits per heavy atom. The summed E-state index contributed by atoms with van der Waals surface area (Å²) < 4.78 is 0. The molecule has 1 heteroatoms. The molecule has 0 radical (unpaired) electrons. The third-order valence-corrected chi connectivity index (χ3v) is 6.21. The predicted molar refractivity (Wildman–Crippen MR) is 137 cm³/mol. The number of hydrogen-bond donors (Lipinski definition) is 1. The molecule has 2 rings (SSSR count). The van der Waals surface area contributed by atoms with Gasteiger partial charge in [0.15, 0.2) is 0 Å². The summed E-state index contributed by atoms with van der Waals surface area (Å²) in [6.07, 6.45) is 0. The van der Waals surface area contributed by atoms with E-state index in [-0.39, 0.29) is 21.7 Å². The van der Waals surface area contributed by atoms with E-state index in [2.05, 4.69) is 125 Å². The Bertz CT molecular complexity index is 750. The third-order valence-electron chi connectivity index (χ3n) is 6.21. The van der Waals surface area contributed by atoms with E-state index >= 15 is 0 Å². The second-order valence-electron chi connectivity index (χ2n) is 13.5. The Morgan fingerprint density at radius 2 is 0.645 bits per heavy atom. The van der Waals surface area contributed by atoms with Gasteiger partial charge >= 0.3 is 0 Å². The summed E-state index contributed by atoms with van der Waals surface area (Å²) in [5.41, 5.74) is 9.28. The Kier molecular flexibility index (Phi) is 7.23. The lowest BCUT2D eigenvalue weighted by molar-refractivity contribution is -0.686. The standard InChI is InChI=1S/C30H47N/c1-27(2,3)23-13-21(14-24(17-23)28(4,5)6)19-31-20-22-15-25(29(7,8)9)18-26(16-22)30(10,11)12/h13-18,31H,19-20H2,1-12H3/p+1. The molecule has 0 saturated carbocycles. The molecule has 0 aromatic heterocycles. The lowest BCUT2D eigenvalue weighted by atomic mass is 9.79. The fourth-order valence-corrected chi connectivity index (χ4v) is 3.76. The molecule has 0 aliphatic heterocycles. The molecule has 2 aromatic rings. The van der Waals surface area contributed by atoms with Crippen LogP contribution >= 0.6 is 0 Å². The highest BCUT2D eigenvalue weighted by molar-refractivity contribution is 5.38. The minimum absolute atomic E-state index is 0.165. The van der Waals surface area contributed by atoms with Crippen molar-refractivity contribution in [2.45, 2.75) is 118 Å². The van der Waals surface area contributed by atoms with Crippen molar-refractivity contribution < 1.29 is 5.32 Å². The van der Waals surface area contributed by atoms with Crippen LogP contribution in [0.3, 0.4) is 0 Å². The van der Waals surface area contributed by atoms with E-state index in [4.69, 9.17) is 0 Å². The van der Waals surface area contributed by atoms with Crippen molar-refractivity contribution in [2.24, 2.45) is 0 Å². The van der Waals surface area contributed by atoms with Crippen molar-refractivity contribution in [3.63, 3.8) is 0 Å². The fraction of sp³-hybridized carbons (Fsp3) is 0.600. The normalized spacial score (nSPS) is 13.5. The molecule has 0 unspecified atom stereocenters. The maximum absolute atomic E-state index is 2.46. The zero-order valence-corrected chi connectivity index (χ0v) is 22.5. The van der Waals surface area contributed by atoms with Crippen molar-refractivity contribution in [3.05, 3.63) is 69.8 Å². The minimum Gasteiger partial charge on any atom is -0.339 e. The predicted octanol–water partition coefficient (Wildman–Crippen LogP) is 7.14. The van der Waals surface area contributed by atoms with Gasteiger partial charge in [-0.2, -0.15) is 0 Å². The molecule has 0 fully saturated rings. The third kappa shape index (κ3) is 7.21. The molecule has 0 heterocycles. The van der Waals surface area contributed by atoms with Gasteiger partial charge in [0.05, 0.1) is 0 Å². The molecule has 2 N–H and O–H groups in total. The van der Waals surface area contributed by atoms with Crippen LogP contribution in [0.2, 0.25) is 0 Å². The number of hydrogen-bond acceptors (Lipinski definition) is 0. The van der Waals surface area contributed by atoms with Crippen molar-refractivity contribution in [1.29, 1.82) is 0 Å². The average Bonchev–Trinajstić information content (AvgIpc) is 2.58. The summed E-state index contributed by atoms with van der Waals surface area (Å²) in [6, 6.07) is 14.5. The largest absolute Gasteiger partial charge is 0.339 e. The summed E-state index contributed by atoms with van der Waals surface area (Å²) in [7, 11) is 0. The van der Waals surface area contributed by atoms with Crippen LogP contribution in [0.15, 0.2) is 36.4 Å². The molecule has 0 atom stereocenters. The van der Waals surface area contributed by atoms with Crippen molar-refractivity contribution in [2.75, 3.05) is 0 Å². The summed E-state index contributed by atoms with van der Waals surface area (Å²) in [6.45, 7) is 29.8. The molecule has 31 heavy (non-hydrogen) atoms. The molecule has 172 valence electrons. The van der Waals surface area contributed by atoms with Gasteiger partial charge in [-0.1, -0.05) is 95.2 Å². The Balaban J connectivity index is 2.29. The number of rotatable bonds is 4. The highest BCUT2D eigenvalue weighted by atomic mass is 14.8. The van der Waals surface area contributed by atoms with Gasteiger partial charge in [-0.3, -0.25) is 0 Å². The first kappa shape index (κ1) is 25.7. The molecule has 0 amide bonds. The first-order chi connectivity index (χ1) is 13.9. The van der Waals surface area contributed by atoms with Crippen LogP contribution in [-0.4, -0.2) is 0 Å². The van der Waals surface area contributed by atoms with E-state index < -0.39 is 0 Å². The van der Waals surface area contributed by atoms with Crippen molar-refractivity contribution in [3.8, 4) is 0 Å². The number of nitrogens with two attached hydrogens (primary N) is 1. The lowest BCUT2D eigenvalue weighted by Gasteiger charge is -2.26. The molecule has 0 saturated heterocycles. The van der Waals surface area contributed by atoms with Gasteiger partial charge in [-0.15, -0.1) is 0 Å². The molecular weight excluding hydrogens is 374 g/mol. The summed E-state index contributed by atoms with van der Waals surface area (Å²) in [4.78, 5) is 0. The highest BCUT2D eigenvalue weighted by Crippen LogP contribution is 2.31. The number of quaternary nitrogens is 1. The second kappa shape index (κ2) is 8.74. The van der Waals surface area contributed by atoms with Crippen LogP contribution in [0.25, 0.3) is 0 Å². The van der Waals surface area contributed by atoms with Crippen LogP contribution in [-0.2, 0) is 34.7 Å². The van der Waals surface area contributed by atoms with Crippen molar-refractivity contribution in [1.82, 2.24) is 0 Å². The van der Waals surface area contributed by atoms with Crippen LogP contribution in [0.4, 0.5) is 0 Å². The Hall–Kier alpha value is -1.60. The topological polar surface area (TPSA) is 16.6 Å². The zero-order chi connectivity index (χ0) is 23.8. The number of benzene rings is 2. The fourth-order valence-electron chi connectivity index (χ4n) is 3.76. The highest BCUT2D eigenvalue weighted by Gasteiger charge is 2.22. The zero-order valence-electron chi connectivity index (χ0n) is 22.5. The van der Waals surface area contributed by atoms with Crippen LogP contribution in [0, 0.1) is 0 Å². The maximum Gasteiger partial charge on any atom is 0.102 e. The van der Waals surface area contributed by atoms with Gasteiger partial charge < -0.3 is 5.32 Å². The lowest BCUT2D eigenvalue weighted by Crippen LogP contribution is -2.80. The van der Waals surface area contributed by atoms with Gasteiger partial charge in [-0.05, 0) is 68.2 Å². The molecule has 0 aliphatic rings. The molecule has 1 nitrogen and oxygen atoms in total. The smallest absolute Gasteiger partial charge is 0.102 e. The summed E-state index contributed by atoms with van der Waals surface area (Å²) >= 11 is 0. The van der Waals surface area contributed by atoms with E-state index in [9.17, 15) is 0 Å². The van der Waals surface area contributed by atoms with E-state index in [1.807, 2.05) is 0 Å². The molecule has 0 aliphatic carbocycles. The van der Waals surface area contributed by atoms with E-state index in [0.717, 1.165) is 13.1 Å². The van der Waals surface area contributed by atoms with Gasteiger partial charge in [0.1, 0.15) is 13.1 Å². The summed E-state index contributed by atoms with van der Waals surface area (Å²) in [5, 5.41) is 2.46. The first-order valence-electron chi connectivity index (χ1n) is 12.0. The maximum atomic E-state index is 2.46. The van der Waals surface area contributed by atoms with Gasteiger partial charge in [0.2, 0.25) is 0 Å². The quantitative estimate of drug-likeness (QED) is 0.539. The van der Waals surface area contributed by atoms with Gasteiger partial charge in [0, 0.05) is 11.1 Å². The molecular formula is C30H48N+. The monoisotopic (exact) mass is 422 g/mol. The van der Waals surface area contributed by atoms with E-state index in [1.54, 1.807) is 0 Å². The average molecular weight is 423 g/mol. The van der Waals surface area contributed by atoms with Gasteiger partial charge in [-0.25, -0.2) is 0 Å². The van der Waals surface area contributed by atoms with Crippen LogP contribution in [0.1, 0.15) is 116 Å². The Morgan fingerprint density at radius 3 is 0.839 bits per heavy atom. The van der Waals surface area contributed by atoms with Gasteiger partial charge in [0.25, 0.3) is 0 Å². The molecule has 0 spiro atoms. The molecule has 0 bridgehead atoms. The Labute approximate surface area is 193 Å².